The van der Waals surface area contributed by atoms with Gasteiger partial charge in [0.15, 0.2) is 5.96 Å². The minimum absolute atomic E-state index is 0. The van der Waals surface area contributed by atoms with Gasteiger partial charge in [0.1, 0.15) is 0 Å². The second kappa shape index (κ2) is 13.2. The number of nitrogens with one attached hydrogen (secondary N) is 2. The molecule has 0 spiro atoms. The van der Waals surface area contributed by atoms with E-state index in [1.54, 1.807) is 11.3 Å². The van der Waals surface area contributed by atoms with Crippen molar-refractivity contribution in [3.05, 3.63) is 35.0 Å². The van der Waals surface area contributed by atoms with Crippen molar-refractivity contribution >= 4 is 47.2 Å². The smallest absolute Gasteiger partial charge is 0.222 e. The largest absolute Gasteiger partial charge is 0.356 e. The van der Waals surface area contributed by atoms with Crippen LogP contribution in [-0.2, 0) is 11.3 Å². The highest BCUT2D eigenvalue weighted by Gasteiger charge is 2.15. The maximum absolute atomic E-state index is 12.0. The lowest BCUT2D eigenvalue weighted by molar-refractivity contribution is -0.130. The molecule has 0 saturated carbocycles. The maximum atomic E-state index is 12.0. The molecule has 1 aliphatic rings. The van der Waals surface area contributed by atoms with Gasteiger partial charge in [-0.3, -0.25) is 4.79 Å². The molecule has 1 aromatic heterocycles. The summed E-state index contributed by atoms with van der Waals surface area (Å²) in [4.78, 5) is 19.8. The topological polar surface area (TPSA) is 56.7 Å². The summed E-state index contributed by atoms with van der Waals surface area (Å²) in [6.45, 7) is 7.62. The van der Waals surface area contributed by atoms with Crippen LogP contribution in [0.3, 0.4) is 0 Å². The minimum atomic E-state index is 0. The van der Waals surface area contributed by atoms with E-state index < -0.39 is 0 Å². The Hall–Kier alpha value is -1.09. The maximum Gasteiger partial charge on any atom is 0.222 e. The van der Waals surface area contributed by atoms with Crippen LogP contribution < -0.4 is 10.6 Å². The Balaban J connectivity index is 0.00000312. The third kappa shape index (κ3) is 8.71. The van der Waals surface area contributed by atoms with Crippen molar-refractivity contribution in [1.29, 1.82) is 0 Å². The van der Waals surface area contributed by atoms with E-state index in [1.165, 1.54) is 11.3 Å². The first-order chi connectivity index (χ1) is 11.8. The van der Waals surface area contributed by atoms with Crippen LogP contribution in [0.4, 0.5) is 0 Å². The van der Waals surface area contributed by atoms with E-state index in [2.05, 4.69) is 33.7 Å². The number of amides is 1. The van der Waals surface area contributed by atoms with E-state index in [0.717, 1.165) is 44.9 Å². The van der Waals surface area contributed by atoms with Gasteiger partial charge in [-0.2, -0.15) is 0 Å². The van der Waals surface area contributed by atoms with Crippen LogP contribution in [0, 0.1) is 0 Å². The van der Waals surface area contributed by atoms with Crippen molar-refractivity contribution < 1.29 is 4.79 Å². The van der Waals surface area contributed by atoms with E-state index in [-0.39, 0.29) is 24.0 Å². The lowest BCUT2D eigenvalue weighted by Crippen LogP contribution is -2.39. The van der Waals surface area contributed by atoms with E-state index in [0.29, 0.717) is 25.4 Å². The van der Waals surface area contributed by atoms with Crippen molar-refractivity contribution in [3.8, 4) is 0 Å². The molecule has 2 N–H and O–H groups in total. The van der Waals surface area contributed by atoms with Crippen molar-refractivity contribution in [3.63, 3.8) is 0 Å². The Kier molecular flexibility index (Phi) is 11.6. The standard InChI is InChI=1S/C18H28N4OS.HI/c1-2-10-19-18(21-15-16-8-6-14-24-16)20-11-7-13-22-12-5-3-4-9-17(22)23;/h2,6,8,14H,1,3-5,7,9-13,15H2,(H2,19,20,21);1H. The second-order valence-corrected chi connectivity index (χ2v) is 6.92. The Morgan fingerprint density at radius 1 is 1.36 bits per heavy atom. The molecule has 0 aliphatic carbocycles. The molecule has 5 nitrogen and oxygen atoms in total. The number of thiophene rings is 1. The fourth-order valence-electron chi connectivity index (χ4n) is 2.65. The lowest BCUT2D eigenvalue weighted by Gasteiger charge is -2.20. The Bertz CT molecular complexity index is 533. The molecule has 0 aromatic carbocycles. The third-order valence-corrected chi connectivity index (χ3v) is 4.82. The molecule has 2 heterocycles. The monoisotopic (exact) mass is 476 g/mol. The number of likely N-dealkylation sites (tertiary alicyclic amines) is 1. The molecule has 2 rings (SSSR count). The van der Waals surface area contributed by atoms with E-state index in [4.69, 9.17) is 0 Å². The molecule has 7 heteroatoms. The average molecular weight is 476 g/mol. The van der Waals surface area contributed by atoms with Gasteiger partial charge in [-0.25, -0.2) is 4.99 Å². The SMILES string of the molecule is C=CCNC(=NCc1cccs1)NCCCN1CCCCCC1=O.I. The number of halogens is 1. The van der Waals surface area contributed by atoms with Gasteiger partial charge < -0.3 is 15.5 Å². The van der Waals surface area contributed by atoms with Crippen LogP contribution >= 0.6 is 35.3 Å². The van der Waals surface area contributed by atoms with Crippen molar-refractivity contribution in [1.82, 2.24) is 15.5 Å². The van der Waals surface area contributed by atoms with Gasteiger partial charge >= 0.3 is 0 Å². The number of guanidine groups is 1. The molecule has 140 valence electrons. The molecule has 1 fully saturated rings. The fourth-order valence-corrected chi connectivity index (χ4v) is 3.28. The van der Waals surface area contributed by atoms with Gasteiger partial charge in [0.05, 0.1) is 6.54 Å². The Labute approximate surface area is 172 Å². The first-order valence-corrected chi connectivity index (χ1v) is 9.61. The second-order valence-electron chi connectivity index (χ2n) is 5.89. The average Bonchev–Trinajstić information content (AvgIpc) is 3.03. The summed E-state index contributed by atoms with van der Waals surface area (Å²) in [5, 5.41) is 8.64. The van der Waals surface area contributed by atoms with Gasteiger partial charge in [0, 0.05) is 37.5 Å². The molecule has 25 heavy (non-hydrogen) atoms. The molecular formula is C18H29IN4OS. The van der Waals surface area contributed by atoms with Crippen LogP contribution in [0.5, 0.6) is 0 Å². The molecule has 1 saturated heterocycles. The summed E-state index contributed by atoms with van der Waals surface area (Å²) in [5.41, 5.74) is 0. The zero-order chi connectivity index (χ0) is 17.0. The molecule has 0 radical (unpaired) electrons. The number of aliphatic imine (C=N–C) groups is 1. The van der Waals surface area contributed by atoms with Crippen LogP contribution in [0.2, 0.25) is 0 Å². The predicted octanol–water partition coefficient (Wildman–Crippen LogP) is 3.38. The summed E-state index contributed by atoms with van der Waals surface area (Å²) in [7, 11) is 0. The van der Waals surface area contributed by atoms with Gasteiger partial charge in [-0.15, -0.1) is 41.9 Å². The first kappa shape index (κ1) is 22.0. The van der Waals surface area contributed by atoms with E-state index in [9.17, 15) is 4.79 Å². The Morgan fingerprint density at radius 3 is 3.00 bits per heavy atom. The highest BCUT2D eigenvalue weighted by Crippen LogP contribution is 2.11. The van der Waals surface area contributed by atoms with Crippen molar-refractivity contribution in [2.45, 2.75) is 38.6 Å². The van der Waals surface area contributed by atoms with Crippen LogP contribution in [-0.4, -0.2) is 42.9 Å². The third-order valence-electron chi connectivity index (χ3n) is 3.96. The van der Waals surface area contributed by atoms with Gasteiger partial charge in [0.25, 0.3) is 0 Å². The molecule has 0 atom stereocenters. The molecule has 1 amide bonds. The van der Waals surface area contributed by atoms with E-state index >= 15 is 0 Å². The Morgan fingerprint density at radius 2 is 2.24 bits per heavy atom. The summed E-state index contributed by atoms with van der Waals surface area (Å²) in [6.07, 6.45) is 6.80. The molecular weight excluding hydrogens is 447 g/mol. The fraction of sp³-hybridized carbons (Fsp3) is 0.556. The number of carbonyl (C=O) groups is 1. The van der Waals surface area contributed by atoms with Crippen molar-refractivity contribution in [2.24, 2.45) is 4.99 Å². The lowest BCUT2D eigenvalue weighted by atomic mass is 10.2. The van der Waals surface area contributed by atoms with Crippen LogP contribution in [0.1, 0.15) is 37.0 Å². The number of hydrogen-bond acceptors (Lipinski definition) is 3. The predicted molar refractivity (Wildman–Crippen MR) is 117 cm³/mol. The first-order valence-electron chi connectivity index (χ1n) is 8.73. The molecule has 0 bridgehead atoms. The number of nitrogens with zero attached hydrogens (tertiary/aromatic N) is 2. The van der Waals surface area contributed by atoms with Gasteiger partial charge in [-0.1, -0.05) is 18.6 Å². The van der Waals surface area contributed by atoms with Gasteiger partial charge in [0.2, 0.25) is 5.91 Å². The normalized spacial score (nSPS) is 15.3. The number of hydrogen-bond donors (Lipinski definition) is 2. The van der Waals surface area contributed by atoms with Gasteiger partial charge in [-0.05, 0) is 30.7 Å². The van der Waals surface area contributed by atoms with Crippen molar-refractivity contribution in [2.75, 3.05) is 26.2 Å². The van der Waals surface area contributed by atoms with Crippen LogP contribution in [0.25, 0.3) is 0 Å². The molecule has 0 unspecified atom stereocenters. The molecule has 1 aliphatic heterocycles. The summed E-state index contributed by atoms with van der Waals surface area (Å²) in [6, 6.07) is 4.13. The minimum Gasteiger partial charge on any atom is -0.356 e. The zero-order valence-corrected chi connectivity index (χ0v) is 17.9. The van der Waals surface area contributed by atoms with E-state index in [1.807, 2.05) is 17.0 Å². The van der Waals surface area contributed by atoms with Crippen LogP contribution in [0.15, 0.2) is 35.2 Å². The summed E-state index contributed by atoms with van der Waals surface area (Å²) in [5.74, 6) is 1.11. The number of rotatable bonds is 8. The quantitative estimate of drug-likeness (QED) is 0.199. The highest BCUT2D eigenvalue weighted by atomic mass is 127. The summed E-state index contributed by atoms with van der Waals surface area (Å²) < 4.78 is 0. The summed E-state index contributed by atoms with van der Waals surface area (Å²) >= 11 is 1.71. The zero-order valence-electron chi connectivity index (χ0n) is 14.7. The number of carbonyl (C=O) groups excluding carboxylic acids is 1. The molecule has 1 aromatic rings. The highest BCUT2D eigenvalue weighted by molar-refractivity contribution is 14.0.